The van der Waals surface area contributed by atoms with Crippen LogP contribution in [-0.2, 0) is 0 Å². The summed E-state index contributed by atoms with van der Waals surface area (Å²) in [4.78, 5) is 11.4. The lowest BCUT2D eigenvalue weighted by Gasteiger charge is -2.05. The molecule has 0 aliphatic carbocycles. The third-order valence-electron chi connectivity index (χ3n) is 1.43. The minimum Gasteiger partial charge on any atom is -0.339 e. The summed E-state index contributed by atoms with van der Waals surface area (Å²) in [5.41, 5.74) is 0.638. The van der Waals surface area contributed by atoms with Gasteiger partial charge in [-0.25, -0.2) is 0 Å². The van der Waals surface area contributed by atoms with Crippen LogP contribution in [0.5, 0.6) is 0 Å². The Bertz CT molecular complexity index is 353. The Morgan fingerprint density at radius 3 is 3.00 bits per heavy atom. The van der Waals surface area contributed by atoms with Crippen LogP contribution in [0.4, 0.5) is 0 Å². The molecule has 1 heterocycles. The van der Waals surface area contributed by atoms with E-state index in [0.29, 0.717) is 5.56 Å². The molecule has 1 unspecified atom stereocenters. The van der Waals surface area contributed by atoms with Crippen LogP contribution in [0.3, 0.4) is 0 Å². The summed E-state index contributed by atoms with van der Waals surface area (Å²) < 4.78 is 0.936. The molecule has 1 aromatic heterocycles. The van der Waals surface area contributed by atoms with Gasteiger partial charge in [-0.2, -0.15) is 0 Å². The molecule has 1 atom stereocenters. The SMILES string of the molecule is C#CC(C)NC(=O)c1csc(Br)c1. The Morgan fingerprint density at radius 1 is 1.85 bits per heavy atom. The number of nitrogens with one attached hydrogen (secondary N) is 1. The van der Waals surface area contributed by atoms with Gasteiger partial charge in [-0.1, -0.05) is 5.92 Å². The summed E-state index contributed by atoms with van der Waals surface area (Å²) in [6.07, 6.45) is 5.13. The van der Waals surface area contributed by atoms with E-state index in [0.717, 1.165) is 3.79 Å². The van der Waals surface area contributed by atoms with Crippen molar-refractivity contribution in [2.24, 2.45) is 0 Å². The van der Waals surface area contributed by atoms with Crippen molar-refractivity contribution in [3.63, 3.8) is 0 Å². The summed E-state index contributed by atoms with van der Waals surface area (Å²) in [5.74, 6) is 2.30. The number of halogens is 1. The molecule has 0 aromatic carbocycles. The van der Waals surface area contributed by atoms with E-state index in [2.05, 4.69) is 27.2 Å². The van der Waals surface area contributed by atoms with E-state index in [-0.39, 0.29) is 11.9 Å². The fraction of sp³-hybridized carbons (Fsp3) is 0.222. The standard InChI is InChI=1S/C9H8BrNOS/c1-3-6(2)11-9(12)7-4-8(10)13-5-7/h1,4-6H,2H3,(H,11,12). The first-order chi connectivity index (χ1) is 6.13. The highest BCUT2D eigenvalue weighted by molar-refractivity contribution is 9.11. The summed E-state index contributed by atoms with van der Waals surface area (Å²) in [5, 5.41) is 4.45. The van der Waals surface area contributed by atoms with Crippen LogP contribution < -0.4 is 5.32 Å². The number of thiophene rings is 1. The molecule has 0 fully saturated rings. The fourth-order valence-corrected chi connectivity index (χ4v) is 1.89. The molecule has 0 saturated heterocycles. The number of rotatable bonds is 2. The van der Waals surface area contributed by atoms with Gasteiger partial charge >= 0.3 is 0 Å². The maximum atomic E-state index is 11.4. The molecular weight excluding hydrogens is 250 g/mol. The fourth-order valence-electron chi connectivity index (χ4n) is 0.751. The van der Waals surface area contributed by atoms with Gasteiger partial charge in [0.25, 0.3) is 5.91 Å². The van der Waals surface area contributed by atoms with Crippen LogP contribution in [0.1, 0.15) is 17.3 Å². The van der Waals surface area contributed by atoms with Gasteiger partial charge in [0.1, 0.15) is 0 Å². The van der Waals surface area contributed by atoms with Gasteiger partial charge in [-0.15, -0.1) is 17.8 Å². The lowest BCUT2D eigenvalue weighted by Crippen LogP contribution is -2.30. The lowest BCUT2D eigenvalue weighted by molar-refractivity contribution is 0.0948. The first-order valence-electron chi connectivity index (χ1n) is 3.64. The number of hydrogen-bond donors (Lipinski definition) is 1. The largest absolute Gasteiger partial charge is 0.339 e. The van der Waals surface area contributed by atoms with Crippen LogP contribution in [0, 0.1) is 12.3 Å². The molecule has 0 saturated carbocycles. The van der Waals surface area contributed by atoms with Crippen molar-refractivity contribution in [3.05, 3.63) is 20.8 Å². The molecule has 0 radical (unpaired) electrons. The van der Waals surface area contributed by atoms with Crippen LogP contribution in [0.25, 0.3) is 0 Å². The molecule has 0 aliphatic heterocycles. The monoisotopic (exact) mass is 257 g/mol. The smallest absolute Gasteiger partial charge is 0.253 e. The van der Waals surface area contributed by atoms with Crippen molar-refractivity contribution >= 4 is 33.2 Å². The second kappa shape index (κ2) is 4.45. The second-order valence-electron chi connectivity index (χ2n) is 2.50. The van der Waals surface area contributed by atoms with E-state index < -0.39 is 0 Å². The molecule has 0 bridgehead atoms. The van der Waals surface area contributed by atoms with Crippen molar-refractivity contribution < 1.29 is 4.79 Å². The van der Waals surface area contributed by atoms with Gasteiger partial charge in [0, 0.05) is 5.38 Å². The number of carbonyl (C=O) groups excluding carboxylic acids is 1. The Morgan fingerprint density at radius 2 is 2.54 bits per heavy atom. The Balaban J connectivity index is 2.65. The van der Waals surface area contributed by atoms with Crippen molar-refractivity contribution in [2.45, 2.75) is 13.0 Å². The Hall–Kier alpha value is -0.790. The first-order valence-corrected chi connectivity index (χ1v) is 5.31. The Kier molecular flexibility index (Phi) is 3.52. The number of amides is 1. The minimum absolute atomic E-state index is 0.132. The van der Waals surface area contributed by atoms with E-state index in [9.17, 15) is 4.79 Å². The minimum atomic E-state index is -0.230. The highest BCUT2D eigenvalue weighted by Crippen LogP contribution is 2.20. The summed E-state index contributed by atoms with van der Waals surface area (Å²) >= 11 is 4.75. The second-order valence-corrected chi connectivity index (χ2v) is 4.79. The van der Waals surface area contributed by atoms with Crippen molar-refractivity contribution in [1.82, 2.24) is 5.32 Å². The van der Waals surface area contributed by atoms with E-state index in [4.69, 9.17) is 6.42 Å². The zero-order valence-corrected chi connectivity index (χ0v) is 9.41. The quantitative estimate of drug-likeness (QED) is 0.810. The highest BCUT2D eigenvalue weighted by atomic mass is 79.9. The third-order valence-corrected chi connectivity index (χ3v) is 2.93. The number of terminal acetylenes is 1. The van der Waals surface area contributed by atoms with Crippen molar-refractivity contribution in [3.8, 4) is 12.3 Å². The van der Waals surface area contributed by atoms with Gasteiger partial charge in [-0.3, -0.25) is 4.79 Å². The highest BCUT2D eigenvalue weighted by Gasteiger charge is 2.08. The van der Waals surface area contributed by atoms with Gasteiger partial charge in [0.15, 0.2) is 0 Å². The molecule has 2 nitrogen and oxygen atoms in total. The number of carbonyl (C=O) groups is 1. The van der Waals surface area contributed by atoms with Crippen LogP contribution in [-0.4, -0.2) is 11.9 Å². The van der Waals surface area contributed by atoms with E-state index in [1.54, 1.807) is 18.4 Å². The molecule has 1 N–H and O–H groups in total. The summed E-state index contributed by atoms with van der Waals surface area (Å²) in [7, 11) is 0. The predicted octanol–water partition coefficient (Wildman–Crippen LogP) is 2.26. The summed E-state index contributed by atoms with van der Waals surface area (Å²) in [6, 6.07) is 1.54. The van der Waals surface area contributed by atoms with E-state index in [1.807, 2.05) is 0 Å². The maximum Gasteiger partial charge on any atom is 0.253 e. The topological polar surface area (TPSA) is 29.1 Å². The van der Waals surface area contributed by atoms with Crippen LogP contribution >= 0.6 is 27.3 Å². The zero-order valence-electron chi connectivity index (χ0n) is 7.00. The van der Waals surface area contributed by atoms with Crippen molar-refractivity contribution in [2.75, 3.05) is 0 Å². The van der Waals surface area contributed by atoms with Crippen LogP contribution in [0.2, 0.25) is 0 Å². The van der Waals surface area contributed by atoms with Crippen LogP contribution in [0.15, 0.2) is 15.2 Å². The van der Waals surface area contributed by atoms with Gasteiger partial charge < -0.3 is 5.32 Å². The molecule has 68 valence electrons. The molecule has 4 heteroatoms. The molecule has 0 spiro atoms. The maximum absolute atomic E-state index is 11.4. The molecule has 1 aromatic rings. The molecule has 1 rings (SSSR count). The normalized spacial score (nSPS) is 11.8. The molecule has 0 aliphatic rings. The van der Waals surface area contributed by atoms with Gasteiger partial charge in [-0.05, 0) is 28.9 Å². The molecular formula is C9H8BrNOS. The Labute approximate surface area is 89.5 Å². The number of hydrogen-bond acceptors (Lipinski definition) is 2. The lowest BCUT2D eigenvalue weighted by atomic mass is 10.3. The average Bonchev–Trinajstić information content (AvgIpc) is 2.51. The average molecular weight is 258 g/mol. The molecule has 13 heavy (non-hydrogen) atoms. The zero-order chi connectivity index (χ0) is 9.84. The van der Waals surface area contributed by atoms with Gasteiger partial charge in [0.2, 0.25) is 0 Å². The van der Waals surface area contributed by atoms with Crippen molar-refractivity contribution in [1.29, 1.82) is 0 Å². The first kappa shape index (κ1) is 10.3. The van der Waals surface area contributed by atoms with Gasteiger partial charge in [0.05, 0.1) is 15.4 Å². The molecule has 1 amide bonds. The van der Waals surface area contributed by atoms with E-state index >= 15 is 0 Å². The van der Waals surface area contributed by atoms with E-state index in [1.165, 1.54) is 11.3 Å². The summed E-state index contributed by atoms with van der Waals surface area (Å²) in [6.45, 7) is 1.76. The predicted molar refractivity (Wildman–Crippen MR) is 57.8 cm³/mol. The third kappa shape index (κ3) is 2.87.